The van der Waals surface area contributed by atoms with Crippen molar-refractivity contribution < 1.29 is 14.6 Å². The Labute approximate surface area is 83.2 Å². The minimum absolute atomic E-state index is 0.243. The van der Waals surface area contributed by atoms with E-state index >= 15 is 0 Å². The van der Waals surface area contributed by atoms with E-state index < -0.39 is 11.6 Å². The second kappa shape index (κ2) is 3.07. The van der Waals surface area contributed by atoms with Crippen LogP contribution in [-0.2, 0) is 9.53 Å². The Bertz CT molecular complexity index is 289. The second-order valence-electron chi connectivity index (χ2n) is 4.19. The maximum absolute atomic E-state index is 11.7. The van der Waals surface area contributed by atoms with E-state index in [1.54, 1.807) is 0 Å². The molecule has 14 heavy (non-hydrogen) atoms. The van der Waals surface area contributed by atoms with E-state index in [1.165, 1.54) is 7.11 Å². The summed E-state index contributed by atoms with van der Waals surface area (Å²) in [7, 11) is 1.39. The summed E-state index contributed by atoms with van der Waals surface area (Å²) in [5.41, 5.74) is 0.424. The highest BCUT2D eigenvalue weighted by atomic mass is 16.5. The predicted octanol–water partition coefficient (Wildman–Crippen LogP) is -0.0753. The van der Waals surface area contributed by atoms with Crippen LogP contribution in [0.2, 0.25) is 0 Å². The number of carbonyl (C=O) groups is 1. The number of carbonyl (C=O) groups excluding carboxylic acids is 1. The van der Waals surface area contributed by atoms with Crippen molar-refractivity contribution in [1.29, 1.82) is 0 Å². The van der Waals surface area contributed by atoms with E-state index in [4.69, 9.17) is 4.74 Å². The fourth-order valence-electron chi connectivity index (χ4n) is 2.63. The molecule has 0 aromatic rings. The van der Waals surface area contributed by atoms with Gasteiger partial charge in [0.15, 0.2) is 0 Å². The molecular formula is C10H15NO3. The van der Waals surface area contributed by atoms with Crippen LogP contribution in [0.4, 0.5) is 0 Å². The number of fused-ring (bicyclic) bond motifs is 1. The molecule has 0 aromatic carbocycles. The number of nitrogens with zero attached hydrogens (tertiary/aromatic N) is 1. The van der Waals surface area contributed by atoms with Crippen LogP contribution in [0.3, 0.4) is 0 Å². The van der Waals surface area contributed by atoms with Gasteiger partial charge in [-0.1, -0.05) is 12.2 Å². The number of esters is 1. The van der Waals surface area contributed by atoms with E-state index in [-0.39, 0.29) is 5.97 Å². The van der Waals surface area contributed by atoms with E-state index in [2.05, 4.69) is 6.58 Å². The van der Waals surface area contributed by atoms with Crippen LogP contribution in [-0.4, -0.2) is 47.8 Å². The Kier molecular flexibility index (Phi) is 2.12. The van der Waals surface area contributed by atoms with Gasteiger partial charge < -0.3 is 9.84 Å². The maximum atomic E-state index is 11.7. The van der Waals surface area contributed by atoms with Crippen LogP contribution >= 0.6 is 0 Å². The lowest BCUT2D eigenvalue weighted by molar-refractivity contribution is -0.151. The van der Waals surface area contributed by atoms with Crippen molar-refractivity contribution in [2.75, 3.05) is 20.2 Å². The fraction of sp³-hybridized carbons (Fsp3) is 0.700. The molecule has 0 aromatic heterocycles. The van der Waals surface area contributed by atoms with Gasteiger partial charge in [0, 0.05) is 19.5 Å². The molecule has 2 aliphatic heterocycles. The van der Waals surface area contributed by atoms with Crippen LogP contribution in [0.15, 0.2) is 12.2 Å². The standard InChI is InChI=1S/C10H15NO3/c1-7-3-10(9(13)14-2)4-8(12)6-11(10)5-7/h8,12H,1,3-6H2,2H3/t8-,10?/m0/s1. The average Bonchev–Trinajstić information content (AvgIpc) is 2.55. The maximum Gasteiger partial charge on any atom is 0.326 e. The molecule has 0 aliphatic carbocycles. The van der Waals surface area contributed by atoms with Crippen LogP contribution < -0.4 is 0 Å². The molecule has 4 nitrogen and oxygen atoms in total. The molecule has 4 heteroatoms. The molecule has 2 heterocycles. The Hall–Kier alpha value is -0.870. The van der Waals surface area contributed by atoms with Crippen LogP contribution in [0.25, 0.3) is 0 Å². The van der Waals surface area contributed by atoms with Gasteiger partial charge in [0.25, 0.3) is 0 Å². The molecular weight excluding hydrogens is 182 g/mol. The molecule has 2 fully saturated rings. The molecule has 1 unspecified atom stereocenters. The highest BCUT2D eigenvalue weighted by Gasteiger charge is 2.55. The Balaban J connectivity index is 2.29. The van der Waals surface area contributed by atoms with Crippen molar-refractivity contribution in [3.8, 4) is 0 Å². The topological polar surface area (TPSA) is 49.8 Å². The van der Waals surface area contributed by atoms with Gasteiger partial charge in [-0.15, -0.1) is 0 Å². The summed E-state index contributed by atoms with van der Waals surface area (Å²) in [5.74, 6) is -0.243. The molecule has 2 atom stereocenters. The highest BCUT2D eigenvalue weighted by Crippen LogP contribution is 2.41. The Morgan fingerprint density at radius 3 is 3.14 bits per heavy atom. The number of hydrogen-bond donors (Lipinski definition) is 1. The molecule has 0 radical (unpaired) electrons. The van der Waals surface area contributed by atoms with Crippen molar-refractivity contribution >= 4 is 5.97 Å². The number of β-amino-alcohol motifs (C(OH)–C–C–N with tert-alkyl or cyclic N) is 1. The molecule has 0 bridgehead atoms. The molecule has 2 rings (SSSR count). The largest absolute Gasteiger partial charge is 0.468 e. The van der Waals surface area contributed by atoms with Gasteiger partial charge in [-0.3, -0.25) is 9.69 Å². The second-order valence-corrected chi connectivity index (χ2v) is 4.19. The van der Waals surface area contributed by atoms with Crippen LogP contribution in [0.5, 0.6) is 0 Å². The van der Waals surface area contributed by atoms with Gasteiger partial charge in [0.1, 0.15) is 5.54 Å². The van der Waals surface area contributed by atoms with Crippen molar-refractivity contribution in [3.05, 3.63) is 12.2 Å². The SMILES string of the molecule is C=C1CN2C[C@@H](O)CC2(C(=O)OC)C1. The lowest BCUT2D eigenvalue weighted by Gasteiger charge is -2.27. The van der Waals surface area contributed by atoms with E-state index in [0.29, 0.717) is 25.9 Å². The summed E-state index contributed by atoms with van der Waals surface area (Å²) < 4.78 is 4.80. The van der Waals surface area contributed by atoms with Crippen LogP contribution in [0.1, 0.15) is 12.8 Å². The van der Waals surface area contributed by atoms with Crippen LogP contribution in [0, 0.1) is 0 Å². The molecule has 2 aliphatic rings. The summed E-state index contributed by atoms with van der Waals surface area (Å²) in [5, 5.41) is 9.55. The molecule has 0 spiro atoms. The summed E-state index contributed by atoms with van der Waals surface area (Å²) >= 11 is 0. The predicted molar refractivity (Wildman–Crippen MR) is 50.7 cm³/mol. The number of aliphatic hydroxyl groups excluding tert-OH is 1. The van der Waals surface area contributed by atoms with Gasteiger partial charge in [-0.2, -0.15) is 0 Å². The first-order valence-corrected chi connectivity index (χ1v) is 4.77. The zero-order chi connectivity index (χ0) is 10.3. The molecule has 0 amide bonds. The van der Waals surface area contributed by atoms with Crippen molar-refractivity contribution in [1.82, 2.24) is 4.90 Å². The summed E-state index contributed by atoms with van der Waals surface area (Å²) in [6.07, 6.45) is 0.678. The number of ether oxygens (including phenoxy) is 1. The number of rotatable bonds is 1. The minimum atomic E-state index is -0.620. The number of aliphatic hydroxyl groups is 1. The fourth-order valence-corrected chi connectivity index (χ4v) is 2.63. The minimum Gasteiger partial charge on any atom is -0.468 e. The smallest absolute Gasteiger partial charge is 0.326 e. The molecule has 0 saturated carbocycles. The molecule has 78 valence electrons. The van der Waals surface area contributed by atoms with Gasteiger partial charge in [0.2, 0.25) is 0 Å². The average molecular weight is 197 g/mol. The van der Waals surface area contributed by atoms with Crippen molar-refractivity contribution in [3.63, 3.8) is 0 Å². The molecule has 1 N–H and O–H groups in total. The third-order valence-electron chi connectivity index (χ3n) is 3.13. The number of hydrogen-bond acceptors (Lipinski definition) is 4. The quantitative estimate of drug-likeness (QED) is 0.472. The van der Waals surface area contributed by atoms with E-state index in [1.807, 2.05) is 4.90 Å². The lowest BCUT2D eigenvalue weighted by Crippen LogP contribution is -2.46. The Morgan fingerprint density at radius 1 is 1.79 bits per heavy atom. The zero-order valence-corrected chi connectivity index (χ0v) is 8.32. The first kappa shape index (κ1) is 9.68. The highest BCUT2D eigenvalue weighted by molar-refractivity contribution is 5.82. The first-order valence-electron chi connectivity index (χ1n) is 4.77. The third kappa shape index (κ3) is 1.18. The van der Waals surface area contributed by atoms with E-state index in [0.717, 1.165) is 5.57 Å². The van der Waals surface area contributed by atoms with Crippen molar-refractivity contribution in [2.45, 2.75) is 24.5 Å². The zero-order valence-electron chi connectivity index (χ0n) is 8.32. The first-order chi connectivity index (χ1) is 6.58. The van der Waals surface area contributed by atoms with Gasteiger partial charge in [-0.05, 0) is 6.42 Å². The summed E-state index contributed by atoms with van der Waals surface area (Å²) in [6.45, 7) is 5.14. The molecule has 2 saturated heterocycles. The lowest BCUT2D eigenvalue weighted by atomic mass is 9.92. The van der Waals surface area contributed by atoms with E-state index in [9.17, 15) is 9.90 Å². The van der Waals surface area contributed by atoms with Gasteiger partial charge >= 0.3 is 5.97 Å². The third-order valence-corrected chi connectivity index (χ3v) is 3.13. The monoisotopic (exact) mass is 197 g/mol. The Morgan fingerprint density at radius 2 is 2.50 bits per heavy atom. The van der Waals surface area contributed by atoms with Crippen molar-refractivity contribution in [2.24, 2.45) is 0 Å². The number of methoxy groups -OCH3 is 1. The summed E-state index contributed by atoms with van der Waals surface area (Å²) in [4.78, 5) is 13.7. The summed E-state index contributed by atoms with van der Waals surface area (Å²) in [6, 6.07) is 0. The normalized spacial score (nSPS) is 37.3. The van der Waals surface area contributed by atoms with Gasteiger partial charge in [0.05, 0.1) is 13.2 Å². The van der Waals surface area contributed by atoms with Gasteiger partial charge in [-0.25, -0.2) is 0 Å².